The zero-order chi connectivity index (χ0) is 15.7. The molecule has 0 aliphatic carbocycles. The van der Waals surface area contributed by atoms with Gasteiger partial charge in [-0.3, -0.25) is 9.48 Å². The van der Waals surface area contributed by atoms with Gasteiger partial charge >= 0.3 is 0 Å². The van der Waals surface area contributed by atoms with Crippen LogP contribution in [0.2, 0.25) is 0 Å². The number of carbonyl (C=O) groups excluding carboxylic acids is 1. The molecule has 1 amide bonds. The van der Waals surface area contributed by atoms with E-state index in [1.807, 2.05) is 25.1 Å². The van der Waals surface area contributed by atoms with Gasteiger partial charge in [0, 0.05) is 44.8 Å². The molecule has 2 aromatic rings. The molecule has 0 N–H and O–H groups in total. The van der Waals surface area contributed by atoms with Gasteiger partial charge in [-0.2, -0.15) is 5.10 Å². The summed E-state index contributed by atoms with van der Waals surface area (Å²) in [5.41, 5.74) is 1.85. The second-order valence-electron chi connectivity index (χ2n) is 6.16. The lowest BCUT2D eigenvalue weighted by Gasteiger charge is -2.33. The number of carbonyl (C=O) groups is 1. The predicted molar refractivity (Wildman–Crippen MR) is 83.5 cm³/mol. The maximum atomic E-state index is 12.6. The third-order valence-corrected chi connectivity index (χ3v) is 4.54. The number of aromatic nitrogens is 4. The fourth-order valence-electron chi connectivity index (χ4n) is 3.26. The van der Waals surface area contributed by atoms with Gasteiger partial charge in [-0.25, -0.2) is 4.98 Å². The topological polar surface area (TPSA) is 56.0 Å². The van der Waals surface area contributed by atoms with Crippen LogP contribution in [0.4, 0.5) is 0 Å². The molecule has 3 rings (SSSR count). The Labute approximate surface area is 130 Å². The van der Waals surface area contributed by atoms with Gasteiger partial charge in [0.2, 0.25) is 0 Å². The number of hydrogen-bond acceptors (Lipinski definition) is 3. The van der Waals surface area contributed by atoms with Gasteiger partial charge in [0.05, 0.1) is 0 Å². The Morgan fingerprint density at radius 1 is 1.41 bits per heavy atom. The van der Waals surface area contributed by atoms with Crippen LogP contribution in [0.25, 0.3) is 0 Å². The predicted octanol–water partition coefficient (Wildman–Crippen LogP) is 1.79. The van der Waals surface area contributed by atoms with Crippen molar-refractivity contribution in [2.75, 3.05) is 13.1 Å². The van der Waals surface area contributed by atoms with Crippen molar-refractivity contribution in [1.29, 1.82) is 0 Å². The number of aryl methyl sites for hydroxylation is 3. The van der Waals surface area contributed by atoms with Crippen LogP contribution in [-0.4, -0.2) is 43.2 Å². The van der Waals surface area contributed by atoms with Crippen molar-refractivity contribution in [3.8, 4) is 0 Å². The van der Waals surface area contributed by atoms with Crippen LogP contribution in [0.15, 0.2) is 18.5 Å². The fraction of sp³-hybridized carbons (Fsp3) is 0.562. The van der Waals surface area contributed by atoms with Crippen molar-refractivity contribution in [1.82, 2.24) is 24.2 Å². The molecule has 0 saturated carbocycles. The zero-order valence-corrected chi connectivity index (χ0v) is 13.5. The monoisotopic (exact) mass is 301 g/mol. The molecule has 1 aliphatic rings. The lowest BCUT2D eigenvalue weighted by molar-refractivity contribution is 0.0650. The van der Waals surface area contributed by atoms with E-state index in [1.54, 1.807) is 16.9 Å². The molecular weight excluding hydrogens is 278 g/mol. The summed E-state index contributed by atoms with van der Waals surface area (Å²) < 4.78 is 3.90. The molecule has 22 heavy (non-hydrogen) atoms. The minimum absolute atomic E-state index is 0.0868. The molecule has 0 spiro atoms. The summed E-state index contributed by atoms with van der Waals surface area (Å²) in [6, 6.07) is 1.79. The maximum absolute atomic E-state index is 12.6. The van der Waals surface area contributed by atoms with Crippen LogP contribution < -0.4 is 0 Å². The number of hydrogen-bond donors (Lipinski definition) is 0. The number of imidazole rings is 1. The summed E-state index contributed by atoms with van der Waals surface area (Å²) in [7, 11) is 1.81. The van der Waals surface area contributed by atoms with Crippen molar-refractivity contribution in [2.45, 2.75) is 33.2 Å². The SMILES string of the molecule is Cc1cnc(C)n1CC1CCCN(C(=O)c2ccnn2C)C1. The summed E-state index contributed by atoms with van der Waals surface area (Å²) >= 11 is 0. The first-order valence-corrected chi connectivity index (χ1v) is 7.82. The smallest absolute Gasteiger partial charge is 0.272 e. The molecule has 1 saturated heterocycles. The normalized spacial score (nSPS) is 18.7. The van der Waals surface area contributed by atoms with Crippen LogP contribution in [0.5, 0.6) is 0 Å². The van der Waals surface area contributed by atoms with Gasteiger partial charge in [0.15, 0.2) is 0 Å². The average Bonchev–Trinajstić information content (AvgIpc) is 3.07. The van der Waals surface area contributed by atoms with Crippen LogP contribution in [-0.2, 0) is 13.6 Å². The molecule has 1 unspecified atom stereocenters. The van der Waals surface area contributed by atoms with E-state index < -0.39 is 0 Å². The van der Waals surface area contributed by atoms with Crippen molar-refractivity contribution in [2.24, 2.45) is 13.0 Å². The fourth-order valence-corrected chi connectivity index (χ4v) is 3.26. The minimum Gasteiger partial charge on any atom is -0.337 e. The van der Waals surface area contributed by atoms with Gasteiger partial charge < -0.3 is 9.47 Å². The summed E-state index contributed by atoms with van der Waals surface area (Å²) in [5.74, 6) is 1.62. The van der Waals surface area contributed by atoms with Crippen molar-refractivity contribution < 1.29 is 4.79 Å². The lowest BCUT2D eigenvalue weighted by Crippen LogP contribution is -2.41. The summed E-state index contributed by atoms with van der Waals surface area (Å²) in [6.45, 7) is 6.70. The van der Waals surface area contributed by atoms with Crippen LogP contribution in [0.1, 0.15) is 34.8 Å². The number of likely N-dealkylation sites (tertiary alicyclic amines) is 1. The van der Waals surface area contributed by atoms with E-state index in [1.165, 1.54) is 5.69 Å². The Morgan fingerprint density at radius 2 is 2.23 bits per heavy atom. The molecule has 0 radical (unpaired) electrons. The molecule has 118 valence electrons. The van der Waals surface area contributed by atoms with Gasteiger partial charge in [-0.1, -0.05) is 0 Å². The van der Waals surface area contributed by atoms with E-state index in [4.69, 9.17) is 0 Å². The van der Waals surface area contributed by atoms with E-state index >= 15 is 0 Å². The highest BCUT2D eigenvalue weighted by Gasteiger charge is 2.26. The molecule has 1 aliphatic heterocycles. The zero-order valence-electron chi connectivity index (χ0n) is 13.5. The highest BCUT2D eigenvalue weighted by molar-refractivity contribution is 5.92. The van der Waals surface area contributed by atoms with Gasteiger partial charge in [-0.05, 0) is 38.7 Å². The molecule has 2 aromatic heterocycles. The molecule has 1 atom stereocenters. The maximum Gasteiger partial charge on any atom is 0.272 e. The minimum atomic E-state index is 0.0868. The third kappa shape index (κ3) is 2.77. The lowest BCUT2D eigenvalue weighted by atomic mass is 9.97. The van der Waals surface area contributed by atoms with E-state index in [-0.39, 0.29) is 5.91 Å². The molecule has 1 fully saturated rings. The van der Waals surface area contributed by atoms with Gasteiger partial charge in [0.1, 0.15) is 11.5 Å². The Bertz CT molecular complexity index is 652. The second kappa shape index (κ2) is 5.94. The van der Waals surface area contributed by atoms with Crippen LogP contribution >= 0.6 is 0 Å². The number of rotatable bonds is 3. The highest BCUT2D eigenvalue weighted by atomic mass is 16.2. The van der Waals surface area contributed by atoms with Gasteiger partial charge in [0.25, 0.3) is 5.91 Å². The van der Waals surface area contributed by atoms with Crippen molar-refractivity contribution in [3.63, 3.8) is 0 Å². The largest absolute Gasteiger partial charge is 0.337 e. The van der Waals surface area contributed by atoms with E-state index in [0.29, 0.717) is 11.6 Å². The molecule has 6 nitrogen and oxygen atoms in total. The molecule has 0 aromatic carbocycles. The van der Waals surface area contributed by atoms with Crippen molar-refractivity contribution in [3.05, 3.63) is 35.7 Å². The standard InChI is InChI=1S/C16H23N5O/c1-12-9-17-13(2)21(12)11-14-5-4-8-20(10-14)16(22)15-6-7-18-19(15)3/h6-7,9,14H,4-5,8,10-11H2,1-3H3. The van der Waals surface area contributed by atoms with Crippen LogP contribution in [0.3, 0.4) is 0 Å². The summed E-state index contributed by atoms with van der Waals surface area (Å²) in [4.78, 5) is 18.9. The quantitative estimate of drug-likeness (QED) is 0.868. The first kappa shape index (κ1) is 14.8. The first-order chi connectivity index (χ1) is 10.6. The third-order valence-electron chi connectivity index (χ3n) is 4.54. The number of nitrogens with zero attached hydrogens (tertiary/aromatic N) is 5. The Hall–Kier alpha value is -2.11. The summed E-state index contributed by atoms with van der Waals surface area (Å²) in [6.07, 6.45) is 5.80. The Morgan fingerprint density at radius 3 is 2.86 bits per heavy atom. The van der Waals surface area contributed by atoms with E-state index in [9.17, 15) is 4.79 Å². The number of piperidine rings is 1. The molecule has 0 bridgehead atoms. The van der Waals surface area contributed by atoms with E-state index in [0.717, 1.165) is 38.3 Å². The second-order valence-corrected chi connectivity index (χ2v) is 6.16. The average molecular weight is 301 g/mol. The van der Waals surface area contributed by atoms with Gasteiger partial charge in [-0.15, -0.1) is 0 Å². The Balaban J connectivity index is 1.69. The highest BCUT2D eigenvalue weighted by Crippen LogP contribution is 2.21. The Kier molecular flexibility index (Phi) is 4.00. The molecular formula is C16H23N5O. The van der Waals surface area contributed by atoms with Crippen LogP contribution in [0, 0.1) is 19.8 Å². The first-order valence-electron chi connectivity index (χ1n) is 7.82. The summed E-state index contributed by atoms with van der Waals surface area (Å²) in [5, 5.41) is 4.09. The molecule has 3 heterocycles. The van der Waals surface area contributed by atoms with Crippen molar-refractivity contribution >= 4 is 5.91 Å². The van der Waals surface area contributed by atoms with E-state index in [2.05, 4.69) is 21.6 Å². The molecule has 6 heteroatoms. The number of amides is 1.